The quantitative estimate of drug-likeness (QED) is 0.794. The van der Waals surface area contributed by atoms with Gasteiger partial charge in [0.2, 0.25) is 0 Å². The Hall–Kier alpha value is -2.40. The zero-order valence-electron chi connectivity index (χ0n) is 16.2. The molecule has 1 aliphatic rings. The second kappa shape index (κ2) is 9.69. The number of benzene rings is 1. The highest BCUT2D eigenvalue weighted by Gasteiger charge is 2.26. The zero-order valence-corrected chi connectivity index (χ0v) is 16.9. The topological polar surface area (TPSA) is 62.3 Å². The molecule has 6 heteroatoms. The van der Waals surface area contributed by atoms with Crippen molar-refractivity contribution < 1.29 is 9.59 Å². The maximum Gasteiger partial charge on any atom is 0.269 e. The lowest BCUT2D eigenvalue weighted by Crippen LogP contribution is -2.43. The van der Waals surface area contributed by atoms with Crippen LogP contribution in [0.2, 0.25) is 5.02 Å². The number of hydrogen-bond acceptors (Lipinski definition) is 3. The first-order valence-electron chi connectivity index (χ1n) is 9.88. The van der Waals surface area contributed by atoms with E-state index < -0.39 is 0 Å². The molecule has 28 heavy (non-hydrogen) atoms. The number of piperidine rings is 1. The van der Waals surface area contributed by atoms with Crippen molar-refractivity contribution in [1.29, 1.82) is 0 Å². The van der Waals surface area contributed by atoms with Gasteiger partial charge in [-0.1, -0.05) is 30.7 Å². The van der Waals surface area contributed by atoms with Gasteiger partial charge in [-0.05, 0) is 61.9 Å². The first-order chi connectivity index (χ1) is 13.6. The molecule has 1 fully saturated rings. The Kier molecular flexibility index (Phi) is 7.04. The van der Waals surface area contributed by atoms with Gasteiger partial charge in [0, 0.05) is 35.9 Å². The summed E-state index contributed by atoms with van der Waals surface area (Å²) in [5.41, 5.74) is 1.85. The van der Waals surface area contributed by atoms with Crippen molar-refractivity contribution in [2.45, 2.75) is 45.1 Å². The third kappa shape index (κ3) is 5.10. The lowest BCUT2D eigenvalue weighted by atomic mass is 9.99. The van der Waals surface area contributed by atoms with E-state index in [1.165, 1.54) is 12.6 Å². The molecule has 1 N–H and O–H groups in total. The number of nitrogens with zero attached hydrogens (tertiary/aromatic N) is 2. The number of pyridine rings is 1. The summed E-state index contributed by atoms with van der Waals surface area (Å²) >= 11 is 5.98. The summed E-state index contributed by atoms with van der Waals surface area (Å²) in [5.74, 6) is -0.288. The monoisotopic (exact) mass is 399 g/mol. The Morgan fingerprint density at radius 3 is 2.89 bits per heavy atom. The lowest BCUT2D eigenvalue weighted by Gasteiger charge is -2.35. The first-order valence-corrected chi connectivity index (χ1v) is 10.3. The number of likely N-dealkylation sites (tertiary alicyclic amines) is 1. The number of aromatic nitrogens is 1. The van der Waals surface area contributed by atoms with Gasteiger partial charge in [-0.15, -0.1) is 0 Å². The second-order valence-corrected chi connectivity index (χ2v) is 7.56. The fraction of sp³-hybridized carbons (Fsp3) is 0.409. The molecule has 148 valence electrons. The van der Waals surface area contributed by atoms with Gasteiger partial charge in [0.05, 0.1) is 0 Å². The molecule has 1 aromatic carbocycles. The minimum absolute atomic E-state index is 0.0121. The third-order valence-electron chi connectivity index (χ3n) is 5.19. The van der Waals surface area contributed by atoms with E-state index in [1.807, 2.05) is 29.2 Å². The summed E-state index contributed by atoms with van der Waals surface area (Å²) in [6.45, 7) is 3.37. The van der Waals surface area contributed by atoms with Crippen LogP contribution in [0.25, 0.3) is 0 Å². The van der Waals surface area contributed by atoms with Crippen LogP contribution < -0.4 is 5.32 Å². The van der Waals surface area contributed by atoms with Gasteiger partial charge >= 0.3 is 0 Å². The van der Waals surface area contributed by atoms with Gasteiger partial charge in [0.1, 0.15) is 5.69 Å². The fourth-order valence-electron chi connectivity index (χ4n) is 3.65. The van der Waals surface area contributed by atoms with Crippen LogP contribution in [0, 0.1) is 0 Å². The molecule has 2 amide bonds. The molecule has 1 unspecified atom stereocenters. The summed E-state index contributed by atoms with van der Waals surface area (Å²) in [4.78, 5) is 31.5. The van der Waals surface area contributed by atoms with Crippen molar-refractivity contribution in [2.75, 3.05) is 13.1 Å². The fourth-order valence-corrected chi connectivity index (χ4v) is 3.86. The zero-order chi connectivity index (χ0) is 19.9. The van der Waals surface area contributed by atoms with E-state index in [-0.39, 0.29) is 23.6 Å². The SMILES string of the molecule is CCC1CCCCN1C(=O)c1ccnc(C(=O)NCCc2cccc(Cl)c2)c1. The normalized spacial score (nSPS) is 16.6. The van der Waals surface area contributed by atoms with Crippen molar-refractivity contribution in [2.24, 2.45) is 0 Å². The molecule has 0 saturated carbocycles. The summed E-state index contributed by atoms with van der Waals surface area (Å²) in [6.07, 6.45) is 6.40. The summed E-state index contributed by atoms with van der Waals surface area (Å²) in [7, 11) is 0. The highest BCUT2D eigenvalue weighted by molar-refractivity contribution is 6.30. The molecule has 0 aliphatic carbocycles. The molecular weight excluding hydrogens is 374 g/mol. The molecule has 0 radical (unpaired) electrons. The highest BCUT2D eigenvalue weighted by atomic mass is 35.5. The van der Waals surface area contributed by atoms with Gasteiger partial charge in [-0.2, -0.15) is 0 Å². The van der Waals surface area contributed by atoms with Crippen LogP contribution in [0.3, 0.4) is 0 Å². The van der Waals surface area contributed by atoms with Gasteiger partial charge in [-0.3, -0.25) is 14.6 Å². The molecule has 5 nitrogen and oxygen atoms in total. The second-order valence-electron chi connectivity index (χ2n) is 7.12. The van der Waals surface area contributed by atoms with Gasteiger partial charge in [0.15, 0.2) is 0 Å². The molecule has 0 spiro atoms. The Labute approximate surface area is 171 Å². The number of carbonyl (C=O) groups is 2. The Balaban J connectivity index is 1.61. The molecule has 3 rings (SSSR count). The maximum atomic E-state index is 12.9. The summed E-state index contributed by atoms with van der Waals surface area (Å²) in [5, 5.41) is 3.54. The standard InChI is InChI=1S/C22H26ClN3O2/c1-2-19-8-3-4-13-26(19)22(28)17-10-12-24-20(15-17)21(27)25-11-9-16-6-5-7-18(23)14-16/h5-7,10,12,14-15,19H,2-4,8-9,11,13H2,1H3,(H,25,27). The number of carbonyl (C=O) groups excluding carboxylic acids is 2. The smallest absolute Gasteiger partial charge is 0.269 e. The van der Waals surface area contributed by atoms with Crippen LogP contribution in [0.5, 0.6) is 0 Å². The summed E-state index contributed by atoms with van der Waals surface area (Å²) < 4.78 is 0. The molecule has 2 heterocycles. The molecule has 2 aromatic rings. The van der Waals surface area contributed by atoms with E-state index in [0.717, 1.165) is 31.4 Å². The van der Waals surface area contributed by atoms with E-state index in [9.17, 15) is 9.59 Å². The molecule has 1 atom stereocenters. The van der Waals surface area contributed by atoms with E-state index in [2.05, 4.69) is 17.2 Å². The van der Waals surface area contributed by atoms with Crippen molar-refractivity contribution in [3.05, 3.63) is 64.4 Å². The minimum atomic E-state index is -0.276. The van der Waals surface area contributed by atoms with Crippen LogP contribution in [0.4, 0.5) is 0 Å². The van der Waals surface area contributed by atoms with Gasteiger partial charge < -0.3 is 10.2 Å². The molecule has 0 bridgehead atoms. The maximum absolute atomic E-state index is 12.9. The van der Waals surface area contributed by atoms with Crippen LogP contribution in [0.1, 0.15) is 59.0 Å². The van der Waals surface area contributed by atoms with E-state index >= 15 is 0 Å². The molecule has 1 saturated heterocycles. The van der Waals surface area contributed by atoms with Gasteiger partial charge in [0.25, 0.3) is 11.8 Å². The number of halogens is 1. The number of rotatable bonds is 6. The average Bonchev–Trinajstić information content (AvgIpc) is 2.73. The van der Waals surface area contributed by atoms with Crippen molar-refractivity contribution in [3.63, 3.8) is 0 Å². The Morgan fingerprint density at radius 2 is 2.11 bits per heavy atom. The number of hydrogen-bond donors (Lipinski definition) is 1. The van der Waals surface area contributed by atoms with Crippen LogP contribution in [0.15, 0.2) is 42.6 Å². The summed E-state index contributed by atoms with van der Waals surface area (Å²) in [6, 6.07) is 11.1. The van der Waals surface area contributed by atoms with Crippen molar-refractivity contribution >= 4 is 23.4 Å². The number of nitrogens with one attached hydrogen (secondary N) is 1. The van der Waals surface area contributed by atoms with Crippen LogP contribution in [-0.2, 0) is 6.42 Å². The first kappa shape index (κ1) is 20.3. The third-order valence-corrected chi connectivity index (χ3v) is 5.42. The van der Waals surface area contributed by atoms with Crippen molar-refractivity contribution in [3.8, 4) is 0 Å². The van der Waals surface area contributed by atoms with E-state index in [1.54, 1.807) is 12.1 Å². The minimum Gasteiger partial charge on any atom is -0.350 e. The van der Waals surface area contributed by atoms with Gasteiger partial charge in [-0.25, -0.2) is 0 Å². The van der Waals surface area contributed by atoms with Crippen LogP contribution >= 0.6 is 11.6 Å². The molecule has 1 aliphatic heterocycles. The van der Waals surface area contributed by atoms with Crippen molar-refractivity contribution in [1.82, 2.24) is 15.2 Å². The highest BCUT2D eigenvalue weighted by Crippen LogP contribution is 2.22. The number of amides is 2. The molecule has 1 aromatic heterocycles. The lowest BCUT2D eigenvalue weighted by molar-refractivity contribution is 0.0608. The van der Waals surface area contributed by atoms with E-state index in [0.29, 0.717) is 23.6 Å². The Morgan fingerprint density at radius 1 is 1.25 bits per heavy atom. The average molecular weight is 400 g/mol. The Bertz CT molecular complexity index is 840. The van der Waals surface area contributed by atoms with Crippen LogP contribution in [-0.4, -0.2) is 40.8 Å². The van der Waals surface area contributed by atoms with E-state index in [4.69, 9.17) is 11.6 Å². The molecular formula is C22H26ClN3O2. The predicted molar refractivity (Wildman–Crippen MR) is 111 cm³/mol. The predicted octanol–water partition coefficient (Wildman–Crippen LogP) is 4.11. The largest absolute Gasteiger partial charge is 0.350 e.